The number of hydrogen-bond donors (Lipinski definition) is 3. The third-order valence-electron chi connectivity index (χ3n) is 4.25. The number of hydrogen-bond acceptors (Lipinski definition) is 6. The van der Waals surface area contributed by atoms with Crippen molar-refractivity contribution in [3.05, 3.63) is 58.5 Å². The van der Waals surface area contributed by atoms with E-state index in [1.54, 1.807) is 20.4 Å². The van der Waals surface area contributed by atoms with E-state index in [0.717, 1.165) is 10.9 Å². The second-order valence-corrected chi connectivity index (χ2v) is 5.82. The fraction of sp³-hybridized carbons (Fsp3) is 0.263. The van der Waals surface area contributed by atoms with Crippen molar-refractivity contribution < 1.29 is 14.6 Å². The third kappa shape index (κ3) is 3.62. The monoisotopic (exact) mass is 355 g/mol. The molecule has 0 radical (unpaired) electrons. The summed E-state index contributed by atoms with van der Waals surface area (Å²) in [5, 5.41) is 13.9. The van der Waals surface area contributed by atoms with E-state index in [-0.39, 0.29) is 18.1 Å². The Morgan fingerprint density at radius 2 is 2.00 bits per heavy atom. The number of aliphatic hydroxyl groups is 1. The molecule has 2 aromatic heterocycles. The van der Waals surface area contributed by atoms with Gasteiger partial charge in [-0.05, 0) is 29.8 Å². The Bertz CT molecular complexity index is 955. The minimum Gasteiger partial charge on any atom is -0.493 e. The van der Waals surface area contributed by atoms with Crippen molar-refractivity contribution in [3.8, 4) is 11.5 Å². The maximum Gasteiger partial charge on any atom is 0.251 e. The maximum atomic E-state index is 11.8. The van der Waals surface area contributed by atoms with E-state index in [0.29, 0.717) is 29.4 Å². The number of benzene rings is 1. The molecule has 3 N–H and O–H groups in total. The standard InChI is InChI=1S/C19H21N3O4/c1-25-16-6-5-12(8-17(16)26-2)13(11-23)10-21-15-9-18(24)22-19-14(15)4-3-7-20-19/h3-9,13,23H,10-11H2,1-2H3,(H2,20,21,22,24). The fourth-order valence-electron chi connectivity index (χ4n) is 2.86. The second kappa shape index (κ2) is 7.88. The highest BCUT2D eigenvalue weighted by molar-refractivity contribution is 5.88. The quantitative estimate of drug-likeness (QED) is 0.601. The van der Waals surface area contributed by atoms with Crippen molar-refractivity contribution in [1.29, 1.82) is 0 Å². The molecular weight excluding hydrogens is 334 g/mol. The van der Waals surface area contributed by atoms with Gasteiger partial charge in [-0.1, -0.05) is 6.07 Å². The number of anilines is 1. The van der Waals surface area contributed by atoms with E-state index in [9.17, 15) is 9.90 Å². The zero-order valence-electron chi connectivity index (χ0n) is 14.7. The Labute approximate surface area is 150 Å². The van der Waals surface area contributed by atoms with Gasteiger partial charge in [0.2, 0.25) is 0 Å². The molecule has 7 heteroatoms. The predicted molar refractivity (Wildman–Crippen MR) is 100 cm³/mol. The Balaban J connectivity index is 1.85. The summed E-state index contributed by atoms with van der Waals surface area (Å²) in [7, 11) is 3.15. The summed E-state index contributed by atoms with van der Waals surface area (Å²) in [5.74, 6) is 1.06. The largest absolute Gasteiger partial charge is 0.493 e. The van der Waals surface area contributed by atoms with Gasteiger partial charge in [-0.15, -0.1) is 0 Å². The van der Waals surface area contributed by atoms with Crippen LogP contribution in [-0.2, 0) is 0 Å². The van der Waals surface area contributed by atoms with E-state index in [2.05, 4.69) is 15.3 Å². The molecule has 3 aromatic rings. The summed E-state index contributed by atoms with van der Waals surface area (Å²) >= 11 is 0. The third-order valence-corrected chi connectivity index (χ3v) is 4.25. The van der Waals surface area contributed by atoms with Crippen molar-refractivity contribution in [3.63, 3.8) is 0 Å². The van der Waals surface area contributed by atoms with Crippen LogP contribution in [0.3, 0.4) is 0 Å². The Morgan fingerprint density at radius 1 is 1.19 bits per heavy atom. The number of rotatable bonds is 7. The number of aromatic amines is 1. The molecule has 1 unspecified atom stereocenters. The first-order valence-corrected chi connectivity index (χ1v) is 8.21. The van der Waals surface area contributed by atoms with Crippen LogP contribution in [0.1, 0.15) is 11.5 Å². The van der Waals surface area contributed by atoms with E-state index in [1.165, 1.54) is 6.07 Å². The zero-order chi connectivity index (χ0) is 18.5. The highest BCUT2D eigenvalue weighted by atomic mass is 16.5. The van der Waals surface area contributed by atoms with E-state index < -0.39 is 0 Å². The lowest BCUT2D eigenvalue weighted by Gasteiger charge is -2.18. The van der Waals surface area contributed by atoms with Gasteiger partial charge in [0, 0.05) is 30.1 Å². The minimum absolute atomic E-state index is 0.0537. The first kappa shape index (κ1) is 17.8. The highest BCUT2D eigenvalue weighted by Gasteiger charge is 2.15. The minimum atomic E-state index is -0.231. The fourth-order valence-corrected chi connectivity index (χ4v) is 2.86. The average molecular weight is 355 g/mol. The Morgan fingerprint density at radius 3 is 2.73 bits per heavy atom. The van der Waals surface area contributed by atoms with Gasteiger partial charge in [-0.25, -0.2) is 4.98 Å². The number of nitrogens with one attached hydrogen (secondary N) is 2. The number of nitrogens with zero attached hydrogens (tertiary/aromatic N) is 1. The molecule has 0 amide bonds. The van der Waals surface area contributed by atoms with Gasteiger partial charge in [0.25, 0.3) is 5.56 Å². The molecule has 1 aromatic carbocycles. The molecule has 0 spiro atoms. The van der Waals surface area contributed by atoms with Crippen LogP contribution in [0.2, 0.25) is 0 Å². The molecule has 0 aliphatic carbocycles. The van der Waals surface area contributed by atoms with Crippen LogP contribution in [0.15, 0.2) is 47.4 Å². The SMILES string of the molecule is COc1ccc(C(CO)CNc2cc(=O)[nH]c3ncccc23)cc1OC. The van der Waals surface area contributed by atoms with Gasteiger partial charge in [0.1, 0.15) is 5.65 Å². The first-order valence-electron chi connectivity index (χ1n) is 8.21. The van der Waals surface area contributed by atoms with Crippen LogP contribution < -0.4 is 20.3 Å². The summed E-state index contributed by atoms with van der Waals surface area (Å²) in [6.07, 6.45) is 1.63. The molecule has 0 aliphatic rings. The molecule has 0 aliphatic heterocycles. The number of methoxy groups -OCH3 is 2. The zero-order valence-corrected chi connectivity index (χ0v) is 14.7. The normalized spacial score (nSPS) is 12.0. The van der Waals surface area contributed by atoms with Crippen LogP contribution in [0.5, 0.6) is 11.5 Å². The van der Waals surface area contributed by atoms with Gasteiger partial charge in [-0.2, -0.15) is 0 Å². The number of fused-ring (bicyclic) bond motifs is 1. The van der Waals surface area contributed by atoms with Crippen molar-refractivity contribution in [2.45, 2.75) is 5.92 Å². The van der Waals surface area contributed by atoms with Gasteiger partial charge in [-0.3, -0.25) is 4.79 Å². The van der Waals surface area contributed by atoms with Crippen molar-refractivity contribution in [2.75, 3.05) is 32.7 Å². The molecule has 136 valence electrons. The van der Waals surface area contributed by atoms with Crippen molar-refractivity contribution in [1.82, 2.24) is 9.97 Å². The van der Waals surface area contributed by atoms with Crippen LogP contribution in [0.4, 0.5) is 5.69 Å². The molecule has 26 heavy (non-hydrogen) atoms. The lowest BCUT2D eigenvalue weighted by atomic mass is 9.99. The molecular formula is C19H21N3O4. The lowest BCUT2D eigenvalue weighted by Crippen LogP contribution is -2.18. The van der Waals surface area contributed by atoms with Crippen molar-refractivity contribution >= 4 is 16.7 Å². The summed E-state index contributed by atoms with van der Waals surface area (Å²) in [6.45, 7) is 0.390. The molecule has 2 heterocycles. The number of ether oxygens (including phenoxy) is 2. The number of aliphatic hydroxyl groups excluding tert-OH is 1. The molecule has 0 bridgehead atoms. The molecule has 0 saturated heterocycles. The van der Waals surface area contributed by atoms with Gasteiger partial charge < -0.3 is 24.9 Å². The Kier molecular flexibility index (Phi) is 5.38. The van der Waals surface area contributed by atoms with Gasteiger partial charge >= 0.3 is 0 Å². The van der Waals surface area contributed by atoms with E-state index in [1.807, 2.05) is 30.3 Å². The van der Waals surface area contributed by atoms with Crippen LogP contribution in [0, 0.1) is 0 Å². The molecule has 7 nitrogen and oxygen atoms in total. The summed E-state index contributed by atoms with van der Waals surface area (Å²) in [5.41, 5.74) is 1.88. The van der Waals surface area contributed by atoms with Crippen LogP contribution >= 0.6 is 0 Å². The first-order chi connectivity index (χ1) is 12.7. The Hall–Kier alpha value is -3.06. The highest BCUT2D eigenvalue weighted by Crippen LogP contribution is 2.31. The van der Waals surface area contributed by atoms with Gasteiger partial charge in [0.15, 0.2) is 11.5 Å². The second-order valence-electron chi connectivity index (χ2n) is 5.82. The maximum absolute atomic E-state index is 11.8. The number of pyridine rings is 2. The van der Waals surface area contributed by atoms with Gasteiger partial charge in [0.05, 0.1) is 26.5 Å². The summed E-state index contributed by atoms with van der Waals surface area (Å²) in [6, 6.07) is 10.7. The number of aromatic nitrogens is 2. The molecule has 1 atom stereocenters. The molecule has 0 fully saturated rings. The average Bonchev–Trinajstić information content (AvgIpc) is 2.67. The smallest absolute Gasteiger partial charge is 0.251 e. The topological polar surface area (TPSA) is 96.5 Å². The summed E-state index contributed by atoms with van der Waals surface area (Å²) in [4.78, 5) is 18.7. The molecule has 3 rings (SSSR count). The predicted octanol–water partition coefficient (Wildman–Crippen LogP) is 2.13. The van der Waals surface area contributed by atoms with Crippen LogP contribution in [-0.4, -0.2) is 42.4 Å². The summed E-state index contributed by atoms with van der Waals surface area (Å²) < 4.78 is 10.6. The van der Waals surface area contributed by atoms with E-state index in [4.69, 9.17) is 9.47 Å². The number of H-pyrrole nitrogens is 1. The molecule has 0 saturated carbocycles. The van der Waals surface area contributed by atoms with Crippen molar-refractivity contribution in [2.24, 2.45) is 0 Å². The lowest BCUT2D eigenvalue weighted by molar-refractivity contribution is 0.269. The van der Waals surface area contributed by atoms with Crippen LogP contribution in [0.25, 0.3) is 11.0 Å². The van der Waals surface area contributed by atoms with E-state index >= 15 is 0 Å².